The van der Waals surface area contributed by atoms with E-state index in [2.05, 4.69) is 6.58 Å². The Morgan fingerprint density at radius 3 is 2.75 bits per heavy atom. The molecule has 1 rings (SSSR count). The van der Waals surface area contributed by atoms with E-state index in [9.17, 15) is 9.46 Å². The average molecular weight is 207 g/mol. The number of halogens is 1. The van der Waals surface area contributed by atoms with E-state index >= 15 is 0 Å². The maximum Gasteiger partial charge on any atom is 0.264 e. The molecule has 0 radical (unpaired) electrons. The number of hydrogen-bond acceptors (Lipinski definition) is 1. The second-order valence-electron chi connectivity index (χ2n) is 2.89. The quantitative estimate of drug-likeness (QED) is 0.703. The molecule has 0 saturated heterocycles. The van der Waals surface area contributed by atoms with Crippen molar-refractivity contribution in [1.29, 1.82) is 0 Å². The van der Waals surface area contributed by atoms with Gasteiger partial charge in [-0.05, 0) is 25.7 Å². The fourth-order valence-electron chi connectivity index (χ4n) is 1.25. The summed E-state index contributed by atoms with van der Waals surface area (Å²) in [4.78, 5) is 9.47. The molecule has 0 bridgehead atoms. The van der Waals surface area contributed by atoms with Crippen molar-refractivity contribution in [3.63, 3.8) is 0 Å². The molecule has 1 unspecified atom stereocenters. The Morgan fingerprint density at radius 2 is 2.33 bits per heavy atom. The van der Waals surface area contributed by atoms with E-state index in [-0.39, 0.29) is 4.77 Å². The van der Waals surface area contributed by atoms with Crippen LogP contribution in [-0.2, 0) is 4.57 Å². The van der Waals surface area contributed by atoms with E-state index < -0.39 is 7.37 Å². The molecule has 0 aromatic rings. The number of rotatable bonds is 2. The molecule has 1 atom stereocenters. The van der Waals surface area contributed by atoms with E-state index in [1.54, 1.807) is 0 Å². The van der Waals surface area contributed by atoms with E-state index in [1.807, 2.05) is 6.08 Å². The van der Waals surface area contributed by atoms with E-state index in [0.29, 0.717) is 11.7 Å². The molecular weight excluding hydrogens is 195 g/mol. The fraction of sp³-hybridized carbons (Fsp3) is 0.500. The molecule has 2 nitrogen and oxygen atoms in total. The van der Waals surface area contributed by atoms with Gasteiger partial charge in [0, 0.05) is 5.31 Å². The smallest absolute Gasteiger partial charge is 0.264 e. The van der Waals surface area contributed by atoms with Gasteiger partial charge >= 0.3 is 0 Å². The third kappa shape index (κ3) is 2.01. The summed E-state index contributed by atoms with van der Waals surface area (Å²) in [5.74, 6) is 0. The van der Waals surface area contributed by atoms with Gasteiger partial charge < -0.3 is 4.89 Å². The summed E-state index contributed by atoms with van der Waals surface area (Å²) >= 11 is 5.45. The predicted molar refractivity (Wildman–Crippen MR) is 51.4 cm³/mol. The first-order valence-corrected chi connectivity index (χ1v) is 5.96. The molecule has 1 aliphatic carbocycles. The van der Waals surface area contributed by atoms with Crippen molar-refractivity contribution >= 4 is 19.0 Å². The van der Waals surface area contributed by atoms with Gasteiger partial charge in [0.15, 0.2) is 0 Å². The Hall–Kier alpha value is -0.0400. The monoisotopic (exact) mass is 206 g/mol. The molecule has 1 N–H and O–H groups in total. The third-order valence-corrected chi connectivity index (χ3v) is 4.52. The Kier molecular flexibility index (Phi) is 3.16. The molecule has 0 fully saturated rings. The fourth-order valence-corrected chi connectivity index (χ4v) is 2.73. The minimum absolute atomic E-state index is 0.129. The van der Waals surface area contributed by atoms with Gasteiger partial charge in [0.2, 0.25) is 0 Å². The van der Waals surface area contributed by atoms with Gasteiger partial charge in [0.05, 0.1) is 4.77 Å². The largest absolute Gasteiger partial charge is 0.338 e. The normalized spacial score (nSPS) is 22.7. The highest BCUT2D eigenvalue weighted by Crippen LogP contribution is 2.60. The van der Waals surface area contributed by atoms with Crippen LogP contribution >= 0.6 is 19.0 Å². The maximum absolute atomic E-state index is 11.5. The summed E-state index contributed by atoms with van der Waals surface area (Å²) < 4.78 is 11.4. The van der Waals surface area contributed by atoms with Gasteiger partial charge in [0.1, 0.15) is 0 Å². The van der Waals surface area contributed by atoms with Crippen molar-refractivity contribution < 1.29 is 9.46 Å². The molecule has 0 spiro atoms. The van der Waals surface area contributed by atoms with Crippen molar-refractivity contribution in [2.45, 2.75) is 25.7 Å². The van der Waals surface area contributed by atoms with Crippen molar-refractivity contribution in [3.8, 4) is 0 Å². The average Bonchev–Trinajstić information content (AvgIpc) is 2.06. The molecule has 0 aromatic carbocycles. The molecular formula is C8H12ClO2P. The SMILES string of the molecule is C=C(Cl)P(=O)(O)C1=CCCCC1. The maximum atomic E-state index is 11.5. The standard InChI is InChI=1S/C8H12ClO2P/c1-7(9)12(10,11)8-5-3-2-4-6-8/h5H,1-4,6H2,(H,10,11). The molecule has 68 valence electrons. The lowest BCUT2D eigenvalue weighted by atomic mass is 10.1. The highest BCUT2D eigenvalue weighted by atomic mass is 35.5. The highest BCUT2D eigenvalue weighted by molar-refractivity contribution is 7.68. The first-order chi connectivity index (χ1) is 5.55. The Labute approximate surface area is 77.4 Å². The van der Waals surface area contributed by atoms with Gasteiger partial charge in [-0.3, -0.25) is 4.57 Å². The lowest BCUT2D eigenvalue weighted by Crippen LogP contribution is -1.93. The lowest BCUT2D eigenvalue weighted by molar-refractivity contribution is 0.490. The summed E-state index contributed by atoms with van der Waals surface area (Å²) in [5.41, 5.74) is 0. The van der Waals surface area contributed by atoms with Crippen LogP contribution in [0, 0.1) is 0 Å². The van der Waals surface area contributed by atoms with Crippen LogP contribution in [0.5, 0.6) is 0 Å². The molecule has 0 aliphatic heterocycles. The van der Waals surface area contributed by atoms with Crippen LogP contribution < -0.4 is 0 Å². The topological polar surface area (TPSA) is 37.3 Å². The zero-order chi connectivity index (χ0) is 9.19. The van der Waals surface area contributed by atoms with Gasteiger partial charge in [-0.15, -0.1) is 0 Å². The lowest BCUT2D eigenvalue weighted by Gasteiger charge is -2.17. The van der Waals surface area contributed by atoms with Crippen LogP contribution in [0.3, 0.4) is 0 Å². The molecule has 1 aliphatic rings. The van der Waals surface area contributed by atoms with Crippen LogP contribution in [0.2, 0.25) is 0 Å². The first-order valence-electron chi connectivity index (χ1n) is 3.92. The van der Waals surface area contributed by atoms with Crippen LogP contribution in [0.15, 0.2) is 22.7 Å². The second kappa shape index (κ2) is 3.78. The zero-order valence-corrected chi connectivity index (χ0v) is 8.44. The summed E-state index contributed by atoms with van der Waals surface area (Å²) in [6.45, 7) is 3.31. The van der Waals surface area contributed by atoms with Crippen LogP contribution in [0.1, 0.15) is 25.7 Å². The van der Waals surface area contributed by atoms with Crippen LogP contribution in [-0.4, -0.2) is 4.89 Å². The molecule has 0 saturated carbocycles. The van der Waals surface area contributed by atoms with E-state index in [0.717, 1.165) is 19.3 Å². The van der Waals surface area contributed by atoms with Crippen molar-refractivity contribution in [2.24, 2.45) is 0 Å². The molecule has 4 heteroatoms. The van der Waals surface area contributed by atoms with Crippen molar-refractivity contribution in [1.82, 2.24) is 0 Å². The molecule has 0 aromatic heterocycles. The number of hydrogen-bond donors (Lipinski definition) is 1. The Bertz CT molecular complexity index is 270. The van der Waals surface area contributed by atoms with Crippen LogP contribution in [0.4, 0.5) is 0 Å². The summed E-state index contributed by atoms with van der Waals surface area (Å²) in [6, 6.07) is 0. The predicted octanol–water partition coefficient (Wildman–Crippen LogP) is 3.42. The minimum atomic E-state index is -3.41. The summed E-state index contributed by atoms with van der Waals surface area (Å²) in [7, 11) is -3.41. The molecule has 0 heterocycles. The third-order valence-electron chi connectivity index (χ3n) is 1.99. The second-order valence-corrected chi connectivity index (χ2v) is 5.88. The van der Waals surface area contributed by atoms with E-state index in [1.165, 1.54) is 0 Å². The van der Waals surface area contributed by atoms with Crippen molar-refractivity contribution in [3.05, 3.63) is 22.7 Å². The van der Waals surface area contributed by atoms with Crippen LogP contribution in [0.25, 0.3) is 0 Å². The summed E-state index contributed by atoms with van der Waals surface area (Å²) in [5, 5.41) is 0.578. The summed E-state index contributed by atoms with van der Waals surface area (Å²) in [6.07, 6.45) is 5.44. The van der Waals surface area contributed by atoms with E-state index in [4.69, 9.17) is 11.6 Å². The Morgan fingerprint density at radius 1 is 1.67 bits per heavy atom. The Balaban J connectivity index is 2.87. The van der Waals surface area contributed by atoms with Crippen molar-refractivity contribution in [2.75, 3.05) is 0 Å². The van der Waals surface area contributed by atoms with Gasteiger partial charge in [0.25, 0.3) is 7.37 Å². The first kappa shape index (κ1) is 10.0. The molecule has 0 amide bonds. The van der Waals surface area contributed by atoms with Gasteiger partial charge in [-0.2, -0.15) is 0 Å². The van der Waals surface area contributed by atoms with Gasteiger partial charge in [-0.1, -0.05) is 24.3 Å². The molecule has 12 heavy (non-hydrogen) atoms. The number of allylic oxidation sites excluding steroid dienone is 2. The zero-order valence-electron chi connectivity index (χ0n) is 6.79. The van der Waals surface area contributed by atoms with Gasteiger partial charge in [-0.25, -0.2) is 0 Å². The minimum Gasteiger partial charge on any atom is -0.338 e. The highest BCUT2D eigenvalue weighted by Gasteiger charge is 2.27.